The number of carboxylic acids is 1. The number of aliphatic carboxylic acids is 1. The van der Waals surface area contributed by atoms with Crippen molar-refractivity contribution in [2.45, 2.75) is 58.8 Å². The first-order valence-electron chi connectivity index (χ1n) is 6.61. The maximum Gasteiger partial charge on any atom is 0.308 e. The molecule has 0 aliphatic heterocycles. The van der Waals surface area contributed by atoms with Crippen molar-refractivity contribution in [1.82, 2.24) is 5.32 Å². The van der Waals surface area contributed by atoms with E-state index in [9.17, 15) is 9.59 Å². The molecule has 1 atom stereocenters. The Balaban J connectivity index is 3.69. The summed E-state index contributed by atoms with van der Waals surface area (Å²) >= 11 is 0. The molecule has 17 heavy (non-hydrogen) atoms. The van der Waals surface area contributed by atoms with Gasteiger partial charge >= 0.3 is 5.97 Å². The fourth-order valence-corrected chi connectivity index (χ4v) is 1.70. The molecule has 0 saturated heterocycles. The highest BCUT2D eigenvalue weighted by Gasteiger charge is 2.16. The van der Waals surface area contributed by atoms with Gasteiger partial charge in [0.25, 0.3) is 0 Å². The van der Waals surface area contributed by atoms with Crippen LogP contribution in [0.1, 0.15) is 58.8 Å². The Morgan fingerprint density at radius 1 is 1.12 bits per heavy atom. The minimum atomic E-state index is -0.821. The average molecular weight is 243 g/mol. The van der Waals surface area contributed by atoms with Crippen molar-refractivity contribution in [1.29, 1.82) is 0 Å². The van der Waals surface area contributed by atoms with Gasteiger partial charge in [0.05, 0.1) is 5.92 Å². The molecule has 0 heterocycles. The summed E-state index contributed by atoms with van der Waals surface area (Å²) in [5.74, 6) is -1.29. The van der Waals surface area contributed by atoms with E-state index >= 15 is 0 Å². The molecule has 0 spiro atoms. The van der Waals surface area contributed by atoms with E-state index in [1.807, 2.05) is 6.92 Å². The van der Waals surface area contributed by atoms with Crippen LogP contribution in [0.15, 0.2) is 0 Å². The molecule has 0 aromatic heterocycles. The molecule has 0 aliphatic carbocycles. The van der Waals surface area contributed by atoms with Crippen LogP contribution >= 0.6 is 0 Å². The maximum atomic E-state index is 11.4. The lowest BCUT2D eigenvalue weighted by atomic mass is 10.0. The van der Waals surface area contributed by atoms with Gasteiger partial charge in [-0.15, -0.1) is 0 Å². The number of hydrogen-bond donors (Lipinski definition) is 2. The molecule has 100 valence electrons. The molecule has 4 heteroatoms. The third-order valence-electron chi connectivity index (χ3n) is 2.79. The van der Waals surface area contributed by atoms with Crippen molar-refractivity contribution in [3.8, 4) is 0 Å². The first-order chi connectivity index (χ1) is 8.11. The van der Waals surface area contributed by atoms with Crippen molar-refractivity contribution in [3.05, 3.63) is 0 Å². The normalized spacial score (nSPS) is 12.1. The Kier molecular flexibility index (Phi) is 9.49. The molecule has 1 amide bonds. The van der Waals surface area contributed by atoms with Crippen LogP contribution in [-0.4, -0.2) is 23.5 Å². The van der Waals surface area contributed by atoms with Crippen LogP contribution in [0.4, 0.5) is 0 Å². The van der Waals surface area contributed by atoms with Crippen molar-refractivity contribution in [2.24, 2.45) is 5.92 Å². The minimum Gasteiger partial charge on any atom is -0.481 e. The van der Waals surface area contributed by atoms with Gasteiger partial charge in [-0.3, -0.25) is 9.59 Å². The van der Waals surface area contributed by atoms with Crippen molar-refractivity contribution < 1.29 is 14.7 Å². The molecule has 0 radical (unpaired) electrons. The molecule has 4 nitrogen and oxygen atoms in total. The summed E-state index contributed by atoms with van der Waals surface area (Å²) in [4.78, 5) is 22.3. The number of hydrogen-bond acceptors (Lipinski definition) is 2. The van der Waals surface area contributed by atoms with Crippen molar-refractivity contribution >= 4 is 11.9 Å². The van der Waals surface area contributed by atoms with Crippen molar-refractivity contribution in [2.75, 3.05) is 6.54 Å². The molecule has 0 fully saturated rings. The van der Waals surface area contributed by atoms with E-state index < -0.39 is 11.9 Å². The maximum absolute atomic E-state index is 11.4. The SMILES string of the molecule is CCCCCCC(=O)NCC(CCC)C(=O)O. The van der Waals surface area contributed by atoms with Gasteiger partial charge in [-0.2, -0.15) is 0 Å². The van der Waals surface area contributed by atoms with Crippen molar-refractivity contribution in [3.63, 3.8) is 0 Å². The highest BCUT2D eigenvalue weighted by Crippen LogP contribution is 2.06. The van der Waals surface area contributed by atoms with Gasteiger partial charge in [0.2, 0.25) is 5.91 Å². The molecule has 0 aromatic rings. The molecule has 0 aromatic carbocycles. The predicted molar refractivity (Wildman–Crippen MR) is 67.8 cm³/mol. The Labute approximate surface area is 104 Å². The molecular formula is C13H25NO3. The molecule has 0 bridgehead atoms. The highest BCUT2D eigenvalue weighted by molar-refractivity contribution is 5.77. The van der Waals surface area contributed by atoms with E-state index in [0.717, 1.165) is 32.1 Å². The summed E-state index contributed by atoms with van der Waals surface area (Å²) in [7, 11) is 0. The van der Waals surface area contributed by atoms with Gasteiger partial charge in [0.1, 0.15) is 0 Å². The summed E-state index contributed by atoms with van der Waals surface area (Å²) in [6.07, 6.45) is 6.22. The number of unbranched alkanes of at least 4 members (excludes halogenated alkanes) is 3. The number of carbonyl (C=O) groups is 2. The first kappa shape index (κ1) is 15.9. The zero-order chi connectivity index (χ0) is 13.1. The third-order valence-corrected chi connectivity index (χ3v) is 2.79. The lowest BCUT2D eigenvalue weighted by Gasteiger charge is -2.12. The van der Waals surface area contributed by atoms with Crippen LogP contribution in [-0.2, 0) is 9.59 Å². The van der Waals surface area contributed by atoms with E-state index in [4.69, 9.17) is 5.11 Å². The zero-order valence-electron chi connectivity index (χ0n) is 11.0. The van der Waals surface area contributed by atoms with Crippen LogP contribution in [0.2, 0.25) is 0 Å². The average Bonchev–Trinajstić information content (AvgIpc) is 2.29. The van der Waals surface area contributed by atoms with Crippen LogP contribution in [0, 0.1) is 5.92 Å². The summed E-state index contributed by atoms with van der Waals surface area (Å²) in [5.41, 5.74) is 0. The summed E-state index contributed by atoms with van der Waals surface area (Å²) in [6.45, 7) is 4.33. The number of rotatable bonds is 10. The number of nitrogens with one attached hydrogen (secondary N) is 1. The predicted octanol–water partition coefficient (Wildman–Crippen LogP) is 2.57. The Hall–Kier alpha value is -1.06. The zero-order valence-corrected chi connectivity index (χ0v) is 11.0. The molecule has 2 N–H and O–H groups in total. The summed E-state index contributed by atoms with van der Waals surface area (Å²) in [5, 5.41) is 11.6. The molecule has 0 rings (SSSR count). The first-order valence-corrected chi connectivity index (χ1v) is 6.61. The number of carboxylic acid groups (broad SMARTS) is 1. The standard InChI is InChI=1S/C13H25NO3/c1-3-5-6-7-9-12(15)14-10-11(8-4-2)13(16)17/h11H,3-10H2,1-2H3,(H,14,15)(H,16,17). The second-order valence-electron chi connectivity index (χ2n) is 4.44. The van der Waals surface area contributed by atoms with Gasteiger partial charge in [-0.25, -0.2) is 0 Å². The molecule has 1 unspecified atom stereocenters. The lowest BCUT2D eigenvalue weighted by molar-refractivity contribution is -0.141. The fourth-order valence-electron chi connectivity index (χ4n) is 1.70. The Morgan fingerprint density at radius 2 is 1.82 bits per heavy atom. The van der Waals surface area contributed by atoms with Crippen LogP contribution in [0.5, 0.6) is 0 Å². The van der Waals surface area contributed by atoms with Gasteiger partial charge in [0, 0.05) is 13.0 Å². The molecule has 0 aliphatic rings. The quantitative estimate of drug-likeness (QED) is 0.579. The Morgan fingerprint density at radius 3 is 2.35 bits per heavy atom. The van der Waals surface area contributed by atoms with Gasteiger partial charge in [-0.05, 0) is 12.8 Å². The Bertz CT molecular complexity index is 229. The molecule has 0 saturated carbocycles. The number of carbonyl (C=O) groups excluding carboxylic acids is 1. The van der Waals surface area contributed by atoms with Crippen LogP contribution < -0.4 is 5.32 Å². The van der Waals surface area contributed by atoms with Gasteiger partial charge in [0.15, 0.2) is 0 Å². The van der Waals surface area contributed by atoms with Gasteiger partial charge in [-0.1, -0.05) is 39.5 Å². The largest absolute Gasteiger partial charge is 0.481 e. The second kappa shape index (κ2) is 10.1. The van der Waals surface area contributed by atoms with E-state index in [0.29, 0.717) is 12.8 Å². The summed E-state index contributed by atoms with van der Waals surface area (Å²) < 4.78 is 0. The summed E-state index contributed by atoms with van der Waals surface area (Å²) in [6, 6.07) is 0. The monoisotopic (exact) mass is 243 g/mol. The van der Waals surface area contributed by atoms with Crippen LogP contribution in [0.25, 0.3) is 0 Å². The van der Waals surface area contributed by atoms with E-state index in [1.54, 1.807) is 0 Å². The highest BCUT2D eigenvalue weighted by atomic mass is 16.4. The molecular weight excluding hydrogens is 218 g/mol. The van der Waals surface area contributed by atoms with E-state index in [2.05, 4.69) is 12.2 Å². The lowest BCUT2D eigenvalue weighted by Crippen LogP contribution is -2.32. The van der Waals surface area contributed by atoms with E-state index in [1.165, 1.54) is 0 Å². The fraction of sp³-hybridized carbons (Fsp3) is 0.846. The van der Waals surface area contributed by atoms with Crippen LogP contribution in [0.3, 0.4) is 0 Å². The second-order valence-corrected chi connectivity index (χ2v) is 4.44. The minimum absolute atomic E-state index is 0.0246. The third kappa shape index (κ3) is 8.72. The smallest absolute Gasteiger partial charge is 0.308 e. The van der Waals surface area contributed by atoms with E-state index in [-0.39, 0.29) is 12.5 Å². The van der Waals surface area contributed by atoms with Gasteiger partial charge < -0.3 is 10.4 Å². The number of amides is 1. The topological polar surface area (TPSA) is 66.4 Å².